The first kappa shape index (κ1) is 21.2. The molecule has 3 aromatic heterocycles. The molecule has 3 atom stereocenters. The van der Waals surface area contributed by atoms with Crippen molar-refractivity contribution < 1.29 is 18.0 Å². The molecule has 0 aromatic carbocycles. The number of aromatic nitrogens is 4. The van der Waals surface area contributed by atoms with Crippen molar-refractivity contribution in [3.8, 4) is 0 Å². The van der Waals surface area contributed by atoms with Crippen molar-refractivity contribution in [2.45, 2.75) is 18.8 Å². The van der Waals surface area contributed by atoms with Gasteiger partial charge < -0.3 is 19.4 Å². The number of halogens is 3. The van der Waals surface area contributed by atoms with E-state index in [1.165, 1.54) is 4.57 Å². The monoisotopic (exact) mass is 458 g/mol. The van der Waals surface area contributed by atoms with E-state index in [1.54, 1.807) is 41.4 Å². The van der Waals surface area contributed by atoms with Gasteiger partial charge >= 0.3 is 6.18 Å². The molecular formula is C22H21F3N6O2. The first-order valence-corrected chi connectivity index (χ1v) is 10.4. The average Bonchev–Trinajstić information content (AvgIpc) is 3.13. The van der Waals surface area contributed by atoms with E-state index in [9.17, 15) is 22.8 Å². The number of carbonyl (C=O) groups is 1. The maximum absolute atomic E-state index is 13.4. The van der Waals surface area contributed by atoms with Crippen LogP contribution in [-0.2, 0) is 12.7 Å². The van der Waals surface area contributed by atoms with Gasteiger partial charge in [0.2, 0.25) is 5.95 Å². The molecule has 2 fully saturated rings. The predicted octanol–water partition coefficient (Wildman–Crippen LogP) is 2.53. The number of hydrogen-bond acceptors (Lipinski definition) is 5. The molecule has 2 aliphatic rings. The molecular weight excluding hydrogens is 437 g/mol. The first-order chi connectivity index (χ1) is 15.7. The van der Waals surface area contributed by atoms with Crippen molar-refractivity contribution in [3.63, 3.8) is 0 Å². The number of carbonyl (C=O) groups excluding carboxylic acids is 1. The minimum absolute atomic E-state index is 0.0340. The molecule has 1 saturated carbocycles. The fraction of sp³-hybridized carbons (Fsp3) is 0.364. The van der Waals surface area contributed by atoms with Gasteiger partial charge in [-0.25, -0.2) is 9.97 Å². The Morgan fingerprint density at radius 3 is 2.73 bits per heavy atom. The Morgan fingerprint density at radius 1 is 1.33 bits per heavy atom. The zero-order valence-electron chi connectivity index (χ0n) is 17.7. The topological polar surface area (TPSA) is 87.1 Å². The van der Waals surface area contributed by atoms with Gasteiger partial charge in [-0.1, -0.05) is 6.08 Å². The lowest BCUT2D eigenvalue weighted by atomic mass is 10.1. The number of allylic oxidation sites excluding steroid dienone is 1. The Bertz CT molecular complexity index is 1300. The van der Waals surface area contributed by atoms with E-state index in [2.05, 4.69) is 21.5 Å². The number of hydrogen-bond donors (Lipinski definition) is 1. The van der Waals surface area contributed by atoms with Crippen LogP contribution < -0.4 is 10.5 Å². The molecule has 4 heterocycles. The highest BCUT2D eigenvalue weighted by Crippen LogP contribution is 2.49. The van der Waals surface area contributed by atoms with E-state index < -0.39 is 11.9 Å². The lowest BCUT2D eigenvalue weighted by Gasteiger charge is -2.25. The van der Waals surface area contributed by atoms with E-state index >= 15 is 0 Å². The van der Waals surface area contributed by atoms with Crippen LogP contribution in [0, 0.1) is 11.8 Å². The molecule has 0 bridgehead atoms. The van der Waals surface area contributed by atoms with E-state index in [0.717, 1.165) is 12.3 Å². The number of nitrogens with zero attached hydrogens (tertiary/aromatic N) is 5. The minimum atomic E-state index is -4.53. The number of piperidine rings is 1. The van der Waals surface area contributed by atoms with Crippen LogP contribution in [-0.4, -0.2) is 56.5 Å². The third-order valence-corrected chi connectivity index (χ3v) is 6.49. The normalized spacial score (nSPS) is 21.8. The van der Waals surface area contributed by atoms with Crippen molar-refractivity contribution >= 4 is 22.8 Å². The summed E-state index contributed by atoms with van der Waals surface area (Å²) in [5.74, 6) is 0.0877. The largest absolute Gasteiger partial charge is 0.433 e. The van der Waals surface area contributed by atoms with Gasteiger partial charge in [0.05, 0.1) is 5.56 Å². The minimum Gasteiger partial charge on any atom is -0.357 e. The van der Waals surface area contributed by atoms with Crippen molar-refractivity contribution in [3.05, 3.63) is 65.0 Å². The Kier molecular flexibility index (Phi) is 4.80. The average molecular weight is 458 g/mol. The van der Waals surface area contributed by atoms with Crippen LogP contribution in [0.2, 0.25) is 0 Å². The zero-order valence-corrected chi connectivity index (χ0v) is 17.7. The summed E-state index contributed by atoms with van der Waals surface area (Å²) in [7, 11) is 1.72. The molecule has 8 nitrogen and oxygen atoms in total. The molecule has 3 aromatic rings. The van der Waals surface area contributed by atoms with Crippen LogP contribution >= 0.6 is 0 Å². The van der Waals surface area contributed by atoms with Gasteiger partial charge in [0.25, 0.3) is 11.5 Å². The van der Waals surface area contributed by atoms with Gasteiger partial charge in [-0.2, -0.15) is 13.2 Å². The van der Waals surface area contributed by atoms with Crippen LogP contribution in [0.5, 0.6) is 0 Å². The number of aromatic amines is 1. The van der Waals surface area contributed by atoms with Crippen LogP contribution in [0.3, 0.4) is 0 Å². The van der Waals surface area contributed by atoms with Crippen LogP contribution in [0.15, 0.2) is 48.2 Å². The van der Waals surface area contributed by atoms with Gasteiger partial charge in [0.1, 0.15) is 11.2 Å². The van der Waals surface area contributed by atoms with Crippen molar-refractivity contribution in [1.82, 2.24) is 24.4 Å². The molecule has 0 radical (unpaired) electrons. The van der Waals surface area contributed by atoms with E-state index in [1.807, 2.05) is 0 Å². The highest BCUT2D eigenvalue weighted by molar-refractivity contribution is 6.06. The van der Waals surface area contributed by atoms with Crippen LogP contribution in [0.1, 0.15) is 16.1 Å². The number of nitrogens with one attached hydrogen (secondary N) is 1. The summed E-state index contributed by atoms with van der Waals surface area (Å²) in [5, 5.41) is 0.557. The number of fused-ring (bicyclic) bond motifs is 2. The fourth-order valence-electron chi connectivity index (χ4n) is 4.86. The summed E-state index contributed by atoms with van der Waals surface area (Å²) in [4.78, 5) is 39.9. The maximum atomic E-state index is 13.4. The molecule has 5 rings (SSSR count). The van der Waals surface area contributed by atoms with Gasteiger partial charge in [0, 0.05) is 68.5 Å². The van der Waals surface area contributed by atoms with Crippen molar-refractivity contribution in [2.24, 2.45) is 11.8 Å². The second-order valence-corrected chi connectivity index (χ2v) is 8.43. The number of amides is 1. The number of anilines is 1. The van der Waals surface area contributed by atoms with Gasteiger partial charge in [-0.05, 0) is 12.1 Å². The third kappa shape index (κ3) is 3.47. The second kappa shape index (κ2) is 7.46. The summed E-state index contributed by atoms with van der Waals surface area (Å²) in [6.07, 6.45) is 1.35. The van der Waals surface area contributed by atoms with E-state index in [4.69, 9.17) is 0 Å². The molecule has 1 N–H and O–H groups in total. The molecule has 172 valence electrons. The molecule has 1 aliphatic heterocycles. The van der Waals surface area contributed by atoms with Gasteiger partial charge in [-0.3, -0.25) is 9.59 Å². The Labute approximate surface area is 186 Å². The summed E-state index contributed by atoms with van der Waals surface area (Å²) in [5.41, 5.74) is -0.422. The third-order valence-electron chi connectivity index (χ3n) is 6.49. The maximum Gasteiger partial charge on any atom is 0.433 e. The predicted molar refractivity (Wildman–Crippen MR) is 115 cm³/mol. The number of alkyl halides is 3. The van der Waals surface area contributed by atoms with Crippen LogP contribution in [0.4, 0.5) is 19.1 Å². The first-order valence-electron chi connectivity index (χ1n) is 10.4. The molecule has 11 heteroatoms. The molecule has 0 spiro atoms. The fourth-order valence-corrected chi connectivity index (χ4v) is 4.86. The lowest BCUT2D eigenvalue weighted by molar-refractivity contribution is -0.141. The Balaban J connectivity index is 1.34. The zero-order chi connectivity index (χ0) is 23.5. The lowest BCUT2D eigenvalue weighted by Crippen LogP contribution is -2.37. The number of rotatable bonds is 5. The molecule has 1 amide bonds. The molecule has 1 aliphatic carbocycles. The highest BCUT2D eigenvalue weighted by Gasteiger charge is 2.59. The summed E-state index contributed by atoms with van der Waals surface area (Å²) in [6.45, 7) is 4.89. The summed E-state index contributed by atoms with van der Waals surface area (Å²) in [6, 6.07) is 2.52. The standard InChI is InChI=1S/C22H21F3N6O2/c1-3-8-30-11-15(12-4-6-26-17(12)20(30)33)19(32)29(2)18-13-9-31(10-14(13)18)21-27-7-5-16(28-21)22(23,24)25/h3-7,11,13-14,18,26H,1,8-10H2,2H3/t13-,14+,18+. The molecule has 0 unspecified atom stereocenters. The SMILES string of the molecule is C=CCn1cc(C(=O)N(C)[C@H]2[C@@H]3CN(c4nccc(C(F)(F)F)n4)C[C@@H]32)c2cc[nH]c2c1=O. The van der Waals surface area contributed by atoms with E-state index in [-0.39, 0.29) is 41.8 Å². The number of pyridine rings is 1. The quantitative estimate of drug-likeness (QED) is 0.594. The van der Waals surface area contributed by atoms with Gasteiger partial charge in [0.15, 0.2) is 0 Å². The smallest absolute Gasteiger partial charge is 0.357 e. The Hall–Kier alpha value is -3.63. The van der Waals surface area contributed by atoms with E-state index in [0.29, 0.717) is 29.6 Å². The molecule has 1 saturated heterocycles. The van der Waals surface area contributed by atoms with Crippen molar-refractivity contribution in [1.29, 1.82) is 0 Å². The molecule has 33 heavy (non-hydrogen) atoms. The Morgan fingerprint density at radius 2 is 2.06 bits per heavy atom. The van der Waals surface area contributed by atoms with Gasteiger partial charge in [-0.15, -0.1) is 6.58 Å². The number of H-pyrrole nitrogens is 1. The highest BCUT2D eigenvalue weighted by atomic mass is 19.4. The summed E-state index contributed by atoms with van der Waals surface area (Å²) < 4.78 is 40.3. The second-order valence-electron chi connectivity index (χ2n) is 8.43. The summed E-state index contributed by atoms with van der Waals surface area (Å²) >= 11 is 0. The van der Waals surface area contributed by atoms with Crippen molar-refractivity contribution in [2.75, 3.05) is 25.0 Å². The van der Waals surface area contributed by atoms with Crippen LogP contribution in [0.25, 0.3) is 10.9 Å².